The van der Waals surface area contributed by atoms with Crippen LogP contribution in [-0.4, -0.2) is 28.6 Å². The van der Waals surface area contributed by atoms with E-state index in [0.717, 1.165) is 22.2 Å². The van der Waals surface area contributed by atoms with Gasteiger partial charge in [-0.25, -0.2) is 0 Å². The minimum Gasteiger partial charge on any atom is -0.383 e. The number of hydrogen-bond donors (Lipinski definition) is 1. The lowest BCUT2D eigenvalue weighted by molar-refractivity contribution is 0.0970. The van der Waals surface area contributed by atoms with E-state index in [9.17, 15) is 4.79 Å². The van der Waals surface area contributed by atoms with E-state index in [1.165, 1.54) is 0 Å². The number of ether oxygens (including phenoxy) is 1. The van der Waals surface area contributed by atoms with Gasteiger partial charge in [-0.1, -0.05) is 35.9 Å². The molecule has 0 amide bonds. The minimum atomic E-state index is 0.0191. The van der Waals surface area contributed by atoms with Gasteiger partial charge in [0.1, 0.15) is 0 Å². The third kappa shape index (κ3) is 3.28. The molecule has 130 valence electrons. The van der Waals surface area contributed by atoms with Crippen LogP contribution in [0.5, 0.6) is 0 Å². The third-order valence-corrected chi connectivity index (χ3v) is 4.48. The van der Waals surface area contributed by atoms with Crippen LogP contribution in [0.15, 0.2) is 42.5 Å². The lowest BCUT2D eigenvalue weighted by Gasteiger charge is -2.08. The van der Waals surface area contributed by atoms with Gasteiger partial charge in [-0.05, 0) is 31.5 Å². The second kappa shape index (κ2) is 7.07. The number of Topliss-reactive ketones (excluding diaryl/α,β-unsaturated/α-hetero) is 1. The Labute approximate surface area is 147 Å². The Morgan fingerprint density at radius 3 is 2.40 bits per heavy atom. The van der Waals surface area contributed by atoms with Crippen LogP contribution in [0, 0.1) is 19.3 Å². The highest BCUT2D eigenvalue weighted by molar-refractivity contribution is 5.98. The van der Waals surface area contributed by atoms with Crippen molar-refractivity contribution in [2.45, 2.75) is 26.9 Å². The van der Waals surface area contributed by atoms with Gasteiger partial charge in [0, 0.05) is 19.2 Å². The fourth-order valence-electron chi connectivity index (χ4n) is 3.22. The number of imidazole rings is 1. The van der Waals surface area contributed by atoms with Gasteiger partial charge in [-0.3, -0.25) is 10.2 Å². The van der Waals surface area contributed by atoms with E-state index < -0.39 is 0 Å². The topological polar surface area (TPSA) is 60.0 Å². The molecule has 0 radical (unpaired) electrons. The zero-order valence-electron chi connectivity index (χ0n) is 14.9. The van der Waals surface area contributed by atoms with Gasteiger partial charge in [0.2, 0.25) is 5.62 Å². The second-order valence-corrected chi connectivity index (χ2v) is 6.28. The Morgan fingerprint density at radius 1 is 1.08 bits per heavy atom. The van der Waals surface area contributed by atoms with Crippen molar-refractivity contribution >= 4 is 16.8 Å². The molecule has 0 spiro atoms. The van der Waals surface area contributed by atoms with E-state index in [2.05, 4.69) is 0 Å². The average Bonchev–Trinajstić information content (AvgIpc) is 2.85. The van der Waals surface area contributed by atoms with E-state index in [4.69, 9.17) is 10.1 Å². The third-order valence-electron chi connectivity index (χ3n) is 4.48. The van der Waals surface area contributed by atoms with Gasteiger partial charge in [0.15, 0.2) is 5.78 Å². The monoisotopic (exact) mass is 337 g/mol. The lowest BCUT2D eigenvalue weighted by atomic mass is 10.0. The molecule has 0 atom stereocenters. The number of aryl methyl sites for hydroxylation is 2. The standard InChI is InChI=1S/C20H23N3O2/c1-14-8-9-16(15(2)12-14)19(24)13-23-18-7-5-4-6-17(18)22(20(23)21)10-11-25-3/h4-9,12,21H,10-11,13H2,1-3H3. The molecule has 0 unspecified atom stereocenters. The molecule has 0 saturated heterocycles. The van der Waals surface area contributed by atoms with Gasteiger partial charge in [-0.2, -0.15) is 0 Å². The highest BCUT2D eigenvalue weighted by Gasteiger charge is 2.15. The Bertz CT molecular complexity index is 982. The summed E-state index contributed by atoms with van der Waals surface area (Å²) in [6.07, 6.45) is 0. The van der Waals surface area contributed by atoms with Gasteiger partial charge in [0.25, 0.3) is 0 Å². The number of fused-ring (bicyclic) bond motifs is 1. The zero-order valence-corrected chi connectivity index (χ0v) is 14.9. The molecule has 3 aromatic rings. The quantitative estimate of drug-likeness (QED) is 0.703. The van der Waals surface area contributed by atoms with Crippen LogP contribution in [0.4, 0.5) is 0 Å². The summed E-state index contributed by atoms with van der Waals surface area (Å²) in [5.74, 6) is 0.0191. The number of aromatic nitrogens is 2. The maximum atomic E-state index is 12.8. The maximum absolute atomic E-state index is 12.8. The number of hydrogen-bond acceptors (Lipinski definition) is 3. The number of nitrogens with one attached hydrogen (secondary N) is 1. The van der Waals surface area contributed by atoms with Crippen LogP contribution in [-0.2, 0) is 17.8 Å². The van der Waals surface area contributed by atoms with Crippen molar-refractivity contribution in [3.05, 3.63) is 64.8 Å². The van der Waals surface area contributed by atoms with Crippen molar-refractivity contribution in [2.75, 3.05) is 13.7 Å². The van der Waals surface area contributed by atoms with Crippen molar-refractivity contribution in [3.63, 3.8) is 0 Å². The number of nitrogens with zero attached hydrogens (tertiary/aromatic N) is 2. The molecule has 1 N–H and O–H groups in total. The molecule has 0 fully saturated rings. The zero-order chi connectivity index (χ0) is 18.0. The summed E-state index contributed by atoms with van der Waals surface area (Å²) < 4.78 is 8.81. The van der Waals surface area contributed by atoms with Crippen LogP contribution in [0.2, 0.25) is 0 Å². The Kier molecular flexibility index (Phi) is 4.86. The van der Waals surface area contributed by atoms with Crippen LogP contribution in [0.3, 0.4) is 0 Å². The van der Waals surface area contributed by atoms with E-state index in [0.29, 0.717) is 24.3 Å². The fourth-order valence-corrected chi connectivity index (χ4v) is 3.22. The molecule has 0 aliphatic rings. The van der Waals surface area contributed by atoms with Gasteiger partial charge in [0.05, 0.1) is 24.2 Å². The molecular weight excluding hydrogens is 314 g/mol. The second-order valence-electron chi connectivity index (χ2n) is 6.28. The van der Waals surface area contributed by atoms with E-state index >= 15 is 0 Å². The molecule has 0 aliphatic carbocycles. The first kappa shape index (κ1) is 17.2. The van der Waals surface area contributed by atoms with E-state index in [-0.39, 0.29) is 12.3 Å². The number of ketones is 1. The van der Waals surface area contributed by atoms with Gasteiger partial charge in [-0.15, -0.1) is 0 Å². The van der Waals surface area contributed by atoms with Gasteiger partial charge >= 0.3 is 0 Å². The highest BCUT2D eigenvalue weighted by Crippen LogP contribution is 2.16. The van der Waals surface area contributed by atoms with Crippen molar-refractivity contribution < 1.29 is 9.53 Å². The smallest absolute Gasteiger partial charge is 0.203 e. The summed E-state index contributed by atoms with van der Waals surface area (Å²) in [7, 11) is 1.65. The summed E-state index contributed by atoms with van der Waals surface area (Å²) in [5, 5.41) is 8.52. The first-order valence-corrected chi connectivity index (χ1v) is 8.35. The van der Waals surface area contributed by atoms with E-state index in [1.54, 1.807) is 11.7 Å². The number of rotatable bonds is 6. The number of benzene rings is 2. The maximum Gasteiger partial charge on any atom is 0.203 e. The van der Waals surface area contributed by atoms with E-state index in [1.807, 2.05) is 60.9 Å². The molecular formula is C20H23N3O2. The Morgan fingerprint density at radius 2 is 1.76 bits per heavy atom. The number of para-hydroxylation sites is 2. The number of methoxy groups -OCH3 is 1. The molecule has 5 nitrogen and oxygen atoms in total. The Balaban J connectivity index is 2.02. The normalized spacial score (nSPS) is 11.2. The first-order valence-electron chi connectivity index (χ1n) is 8.35. The summed E-state index contributed by atoms with van der Waals surface area (Å²) >= 11 is 0. The van der Waals surface area contributed by atoms with Crippen molar-refractivity contribution in [3.8, 4) is 0 Å². The summed E-state index contributed by atoms with van der Waals surface area (Å²) in [6, 6.07) is 13.6. The molecule has 2 aromatic carbocycles. The molecule has 0 saturated carbocycles. The molecule has 0 bridgehead atoms. The largest absolute Gasteiger partial charge is 0.383 e. The van der Waals surface area contributed by atoms with Gasteiger partial charge < -0.3 is 13.9 Å². The SMILES string of the molecule is COCCn1c(=N)n(CC(=O)c2ccc(C)cc2C)c2ccccc21. The molecule has 25 heavy (non-hydrogen) atoms. The van der Waals surface area contributed by atoms with Crippen LogP contribution < -0.4 is 5.62 Å². The number of carbonyl (C=O) groups excluding carboxylic acids is 1. The summed E-state index contributed by atoms with van der Waals surface area (Å²) in [5.41, 5.74) is 4.97. The Hall–Kier alpha value is -2.66. The predicted molar refractivity (Wildman–Crippen MR) is 97.9 cm³/mol. The van der Waals surface area contributed by atoms with Crippen molar-refractivity contribution in [2.24, 2.45) is 0 Å². The molecule has 1 heterocycles. The fraction of sp³-hybridized carbons (Fsp3) is 0.300. The van der Waals surface area contributed by atoms with Crippen LogP contribution >= 0.6 is 0 Å². The summed E-state index contributed by atoms with van der Waals surface area (Å²) in [4.78, 5) is 12.8. The van der Waals surface area contributed by atoms with Crippen LogP contribution in [0.25, 0.3) is 11.0 Å². The van der Waals surface area contributed by atoms with Crippen molar-refractivity contribution in [1.82, 2.24) is 9.13 Å². The minimum absolute atomic E-state index is 0.0191. The number of carbonyl (C=O) groups is 1. The summed E-state index contributed by atoms with van der Waals surface area (Å²) in [6.45, 7) is 5.23. The van der Waals surface area contributed by atoms with Crippen LogP contribution in [0.1, 0.15) is 21.5 Å². The average molecular weight is 337 g/mol. The lowest BCUT2D eigenvalue weighted by Crippen LogP contribution is -2.28. The molecule has 0 aliphatic heterocycles. The molecule has 3 rings (SSSR count). The molecule has 1 aromatic heterocycles. The molecule has 5 heteroatoms. The first-order chi connectivity index (χ1) is 12.0. The predicted octanol–water partition coefficient (Wildman–Crippen LogP) is 3.07. The highest BCUT2D eigenvalue weighted by atomic mass is 16.5. The van der Waals surface area contributed by atoms with Crippen molar-refractivity contribution in [1.29, 1.82) is 5.41 Å².